The molecule has 0 aromatic carbocycles. The molecule has 1 atom stereocenters. The molecule has 1 fully saturated rings. The van der Waals surface area contributed by atoms with Gasteiger partial charge in [-0.05, 0) is 38.8 Å². The Morgan fingerprint density at radius 3 is 2.42 bits per heavy atom. The van der Waals surface area contributed by atoms with Crippen LogP contribution in [0.15, 0.2) is 0 Å². The predicted octanol–water partition coefficient (Wildman–Crippen LogP) is 1.31. The third-order valence-electron chi connectivity index (χ3n) is 3.80. The van der Waals surface area contributed by atoms with E-state index in [1.54, 1.807) is 0 Å². The van der Waals surface area contributed by atoms with Crippen molar-refractivity contribution in [3.05, 3.63) is 5.82 Å². The first kappa shape index (κ1) is 14.0. The van der Waals surface area contributed by atoms with Crippen LogP contribution in [0.4, 0.5) is 11.9 Å². The van der Waals surface area contributed by atoms with Gasteiger partial charge in [-0.15, -0.1) is 0 Å². The minimum Gasteiger partial charge on any atom is -0.368 e. The Morgan fingerprint density at radius 2 is 1.84 bits per heavy atom. The molecule has 19 heavy (non-hydrogen) atoms. The zero-order valence-electron chi connectivity index (χ0n) is 12.3. The summed E-state index contributed by atoms with van der Waals surface area (Å²) in [5.41, 5.74) is 5.78. The maximum atomic E-state index is 5.78. The standard InChI is InChI=1S/C13H24N6/c1-9-5-7-19(8-6-9)10(2)11-15-12(14)17-13(16-11)18(3)4/h9-10H,5-8H2,1-4H3,(H2,14,15,16,17). The number of anilines is 2. The van der Waals surface area contributed by atoms with Gasteiger partial charge in [-0.2, -0.15) is 15.0 Å². The normalized spacial score (nSPS) is 19.4. The number of nitrogens with two attached hydrogens (primary N) is 1. The molecule has 0 amide bonds. The third-order valence-corrected chi connectivity index (χ3v) is 3.80. The molecule has 0 bridgehead atoms. The fourth-order valence-electron chi connectivity index (χ4n) is 2.36. The van der Waals surface area contributed by atoms with Gasteiger partial charge in [0.05, 0.1) is 6.04 Å². The lowest BCUT2D eigenvalue weighted by Crippen LogP contribution is -2.36. The predicted molar refractivity (Wildman–Crippen MR) is 77.0 cm³/mol. The first-order valence-electron chi connectivity index (χ1n) is 6.90. The summed E-state index contributed by atoms with van der Waals surface area (Å²) in [7, 11) is 3.82. The average Bonchev–Trinajstić information content (AvgIpc) is 2.38. The maximum absolute atomic E-state index is 5.78. The van der Waals surface area contributed by atoms with E-state index in [2.05, 4.69) is 33.7 Å². The van der Waals surface area contributed by atoms with Gasteiger partial charge in [0.2, 0.25) is 11.9 Å². The lowest BCUT2D eigenvalue weighted by molar-refractivity contribution is 0.142. The number of hydrogen-bond donors (Lipinski definition) is 1. The number of piperidine rings is 1. The highest BCUT2D eigenvalue weighted by Crippen LogP contribution is 2.25. The number of hydrogen-bond acceptors (Lipinski definition) is 6. The minimum atomic E-state index is 0.191. The van der Waals surface area contributed by atoms with Crippen LogP contribution in [0.3, 0.4) is 0 Å². The molecule has 0 spiro atoms. The van der Waals surface area contributed by atoms with Crippen LogP contribution in [0.1, 0.15) is 38.6 Å². The molecule has 2 N–H and O–H groups in total. The fourth-order valence-corrected chi connectivity index (χ4v) is 2.36. The van der Waals surface area contributed by atoms with E-state index in [0.29, 0.717) is 11.9 Å². The van der Waals surface area contributed by atoms with Crippen molar-refractivity contribution in [2.24, 2.45) is 5.92 Å². The molecule has 6 heteroatoms. The summed E-state index contributed by atoms with van der Waals surface area (Å²) in [4.78, 5) is 17.2. The Hall–Kier alpha value is -1.43. The zero-order valence-corrected chi connectivity index (χ0v) is 12.3. The van der Waals surface area contributed by atoms with Gasteiger partial charge in [-0.1, -0.05) is 6.92 Å². The maximum Gasteiger partial charge on any atom is 0.229 e. The van der Waals surface area contributed by atoms with Gasteiger partial charge >= 0.3 is 0 Å². The van der Waals surface area contributed by atoms with Crippen LogP contribution in [-0.4, -0.2) is 47.0 Å². The highest BCUT2D eigenvalue weighted by molar-refractivity contribution is 5.33. The van der Waals surface area contributed by atoms with E-state index in [9.17, 15) is 0 Å². The lowest BCUT2D eigenvalue weighted by Gasteiger charge is -2.34. The van der Waals surface area contributed by atoms with Gasteiger partial charge in [-0.25, -0.2) is 0 Å². The van der Waals surface area contributed by atoms with Gasteiger partial charge in [-0.3, -0.25) is 4.90 Å². The zero-order chi connectivity index (χ0) is 14.0. The molecule has 1 aliphatic heterocycles. The highest BCUT2D eigenvalue weighted by atomic mass is 15.3. The Kier molecular flexibility index (Phi) is 4.19. The van der Waals surface area contributed by atoms with Gasteiger partial charge in [0.25, 0.3) is 0 Å². The molecule has 106 valence electrons. The monoisotopic (exact) mass is 264 g/mol. The quantitative estimate of drug-likeness (QED) is 0.887. The summed E-state index contributed by atoms with van der Waals surface area (Å²) in [5.74, 6) is 2.51. The minimum absolute atomic E-state index is 0.191. The van der Waals surface area contributed by atoms with E-state index in [1.807, 2.05) is 19.0 Å². The van der Waals surface area contributed by atoms with Gasteiger partial charge in [0.1, 0.15) is 0 Å². The number of nitrogen functional groups attached to an aromatic ring is 1. The number of likely N-dealkylation sites (tertiary alicyclic amines) is 1. The second-order valence-electron chi connectivity index (χ2n) is 5.64. The van der Waals surface area contributed by atoms with Gasteiger partial charge in [0.15, 0.2) is 5.82 Å². The van der Waals surface area contributed by atoms with E-state index in [4.69, 9.17) is 5.73 Å². The van der Waals surface area contributed by atoms with E-state index in [0.717, 1.165) is 24.8 Å². The lowest BCUT2D eigenvalue weighted by atomic mass is 9.98. The van der Waals surface area contributed by atoms with Crippen molar-refractivity contribution in [2.45, 2.75) is 32.7 Å². The summed E-state index contributed by atoms with van der Waals surface area (Å²) >= 11 is 0. The Morgan fingerprint density at radius 1 is 1.21 bits per heavy atom. The van der Waals surface area contributed by atoms with Crippen molar-refractivity contribution in [3.8, 4) is 0 Å². The second kappa shape index (κ2) is 5.69. The van der Waals surface area contributed by atoms with Crippen molar-refractivity contribution in [2.75, 3.05) is 37.8 Å². The Balaban J connectivity index is 2.16. The summed E-state index contributed by atoms with van der Waals surface area (Å²) in [6.07, 6.45) is 2.48. The van der Waals surface area contributed by atoms with Crippen LogP contribution in [0.5, 0.6) is 0 Å². The summed E-state index contributed by atoms with van der Waals surface area (Å²) in [6, 6.07) is 0.191. The summed E-state index contributed by atoms with van der Waals surface area (Å²) in [5, 5.41) is 0. The topological polar surface area (TPSA) is 71.2 Å². The first-order valence-corrected chi connectivity index (χ1v) is 6.90. The fraction of sp³-hybridized carbons (Fsp3) is 0.769. The average molecular weight is 264 g/mol. The molecule has 1 saturated heterocycles. The second-order valence-corrected chi connectivity index (χ2v) is 5.64. The molecule has 2 rings (SSSR count). The van der Waals surface area contributed by atoms with Crippen LogP contribution in [0.25, 0.3) is 0 Å². The van der Waals surface area contributed by atoms with E-state index >= 15 is 0 Å². The molecule has 1 unspecified atom stereocenters. The van der Waals surface area contributed by atoms with Crippen molar-refractivity contribution >= 4 is 11.9 Å². The van der Waals surface area contributed by atoms with Crippen LogP contribution in [0, 0.1) is 5.92 Å². The van der Waals surface area contributed by atoms with Crippen LogP contribution < -0.4 is 10.6 Å². The molecule has 0 radical (unpaired) electrons. The largest absolute Gasteiger partial charge is 0.368 e. The van der Waals surface area contributed by atoms with Crippen molar-refractivity contribution in [1.29, 1.82) is 0 Å². The van der Waals surface area contributed by atoms with Crippen molar-refractivity contribution in [1.82, 2.24) is 19.9 Å². The number of rotatable bonds is 3. The molecule has 2 heterocycles. The molecule has 1 aromatic heterocycles. The molecule has 0 aliphatic carbocycles. The Bertz CT molecular complexity index is 425. The molecule has 0 saturated carbocycles. The SMILES string of the molecule is CC1CCN(C(C)c2nc(N)nc(N(C)C)n2)CC1. The Labute approximate surface area is 115 Å². The molecule has 1 aromatic rings. The molecule has 1 aliphatic rings. The van der Waals surface area contributed by atoms with Crippen molar-refractivity contribution < 1.29 is 0 Å². The molecular formula is C13H24N6. The van der Waals surface area contributed by atoms with E-state index < -0.39 is 0 Å². The van der Waals surface area contributed by atoms with Crippen molar-refractivity contribution in [3.63, 3.8) is 0 Å². The van der Waals surface area contributed by atoms with Crippen LogP contribution in [0.2, 0.25) is 0 Å². The summed E-state index contributed by atoms with van der Waals surface area (Å²) in [6.45, 7) is 6.66. The molecule has 6 nitrogen and oxygen atoms in total. The van der Waals surface area contributed by atoms with E-state index in [-0.39, 0.29) is 6.04 Å². The highest BCUT2D eigenvalue weighted by Gasteiger charge is 2.24. The summed E-state index contributed by atoms with van der Waals surface area (Å²) < 4.78 is 0. The number of nitrogens with zero attached hydrogens (tertiary/aromatic N) is 5. The van der Waals surface area contributed by atoms with Gasteiger partial charge < -0.3 is 10.6 Å². The van der Waals surface area contributed by atoms with Crippen LogP contribution >= 0.6 is 0 Å². The van der Waals surface area contributed by atoms with Gasteiger partial charge in [0, 0.05) is 14.1 Å². The number of aromatic nitrogens is 3. The first-order chi connectivity index (χ1) is 8.97. The van der Waals surface area contributed by atoms with E-state index in [1.165, 1.54) is 12.8 Å². The smallest absolute Gasteiger partial charge is 0.229 e. The van der Waals surface area contributed by atoms with Crippen LogP contribution in [-0.2, 0) is 0 Å². The third kappa shape index (κ3) is 3.32. The molecular weight excluding hydrogens is 240 g/mol.